The van der Waals surface area contributed by atoms with Crippen molar-refractivity contribution in [3.63, 3.8) is 0 Å². The van der Waals surface area contributed by atoms with Gasteiger partial charge in [0.15, 0.2) is 0 Å². The summed E-state index contributed by atoms with van der Waals surface area (Å²) in [6.07, 6.45) is 0. The fraction of sp³-hybridized carbons (Fsp3) is 0.500. The van der Waals surface area contributed by atoms with Gasteiger partial charge in [-0.05, 0) is 52.8 Å². The van der Waals surface area contributed by atoms with E-state index in [1.165, 1.54) is 19.9 Å². The molecular weight excluding hydrogens is 345 g/mol. The summed E-state index contributed by atoms with van der Waals surface area (Å²) in [5.41, 5.74) is 3.90. The Kier molecular flexibility index (Phi) is 6.75. The van der Waals surface area contributed by atoms with Crippen LogP contribution in [0, 0.1) is 5.82 Å². The lowest BCUT2D eigenvalue weighted by Gasteiger charge is -2.21. The number of hydrogen-bond donors (Lipinski definition) is 3. The van der Waals surface area contributed by atoms with E-state index in [2.05, 4.69) is 10.0 Å². The van der Waals surface area contributed by atoms with Crippen molar-refractivity contribution in [1.82, 2.24) is 4.72 Å². The molecule has 1 rings (SSSR count). The first-order valence-corrected chi connectivity index (χ1v) is 8.14. The van der Waals surface area contributed by atoms with Gasteiger partial charge in [0.05, 0.1) is 5.54 Å². The Bertz CT molecular complexity index is 679. The number of hydrogen-bond acceptors (Lipinski definition) is 4. The van der Waals surface area contributed by atoms with E-state index in [1.807, 2.05) is 0 Å². The van der Waals surface area contributed by atoms with Crippen LogP contribution in [-0.2, 0) is 14.8 Å². The molecule has 0 aliphatic carbocycles. The first kappa shape index (κ1) is 21.8. The van der Waals surface area contributed by atoms with Gasteiger partial charge in [0.25, 0.3) is 0 Å². The van der Waals surface area contributed by atoms with Crippen molar-refractivity contribution in [2.75, 3.05) is 5.32 Å². The zero-order valence-corrected chi connectivity index (χ0v) is 15.4. The molecule has 1 aromatic carbocycles. The Morgan fingerprint density at radius 3 is 2.13 bits per heavy atom. The molecule has 0 saturated heterocycles. The van der Waals surface area contributed by atoms with Crippen LogP contribution in [-0.4, -0.2) is 25.4 Å². The van der Waals surface area contributed by atoms with Gasteiger partial charge in [-0.2, -0.15) is 0 Å². The SMILES string of the molecule is CC(C)(C)NS(=O)(=O)c1cc(NC(=O)C(C)(C)N)ccc1F.Cl. The molecule has 6 nitrogen and oxygen atoms in total. The van der Waals surface area contributed by atoms with E-state index in [4.69, 9.17) is 5.73 Å². The molecule has 0 bridgehead atoms. The summed E-state index contributed by atoms with van der Waals surface area (Å²) in [5, 5.41) is 2.46. The third-order valence-corrected chi connectivity index (χ3v) is 4.28. The summed E-state index contributed by atoms with van der Waals surface area (Å²) < 4.78 is 40.6. The Morgan fingerprint density at radius 1 is 1.17 bits per heavy atom. The van der Waals surface area contributed by atoms with Gasteiger partial charge in [0.1, 0.15) is 10.7 Å². The molecule has 0 aliphatic heterocycles. The summed E-state index contributed by atoms with van der Waals surface area (Å²) in [6, 6.07) is 3.32. The summed E-state index contributed by atoms with van der Waals surface area (Å²) in [5.74, 6) is -1.41. The number of sulfonamides is 1. The fourth-order valence-corrected chi connectivity index (χ4v) is 3.06. The number of halogens is 2. The predicted octanol–water partition coefficient (Wildman–Crippen LogP) is 2.00. The van der Waals surface area contributed by atoms with E-state index < -0.39 is 37.7 Å². The number of nitrogens with two attached hydrogens (primary N) is 1. The molecule has 0 aromatic heterocycles. The van der Waals surface area contributed by atoms with Crippen LogP contribution in [0.15, 0.2) is 23.1 Å². The fourth-order valence-electron chi connectivity index (χ4n) is 1.54. The zero-order chi connectivity index (χ0) is 17.3. The highest BCUT2D eigenvalue weighted by Crippen LogP contribution is 2.21. The van der Waals surface area contributed by atoms with Crippen molar-refractivity contribution in [2.45, 2.75) is 50.6 Å². The van der Waals surface area contributed by atoms with Crippen LogP contribution < -0.4 is 15.8 Å². The minimum atomic E-state index is -4.05. The average molecular weight is 368 g/mol. The maximum atomic E-state index is 13.9. The normalized spacial score (nSPS) is 12.5. The molecule has 0 radical (unpaired) electrons. The highest BCUT2D eigenvalue weighted by Gasteiger charge is 2.26. The molecule has 0 unspecified atom stereocenters. The van der Waals surface area contributed by atoms with Crippen LogP contribution in [0.2, 0.25) is 0 Å². The number of carbonyl (C=O) groups is 1. The number of rotatable bonds is 4. The van der Waals surface area contributed by atoms with Gasteiger partial charge in [-0.15, -0.1) is 12.4 Å². The Balaban J connectivity index is 0.00000484. The van der Waals surface area contributed by atoms with Crippen molar-refractivity contribution in [3.05, 3.63) is 24.0 Å². The minimum Gasteiger partial charge on any atom is -0.324 e. The molecule has 1 aromatic rings. The van der Waals surface area contributed by atoms with Gasteiger partial charge < -0.3 is 11.1 Å². The average Bonchev–Trinajstić information content (AvgIpc) is 2.26. The van der Waals surface area contributed by atoms with Gasteiger partial charge in [-0.3, -0.25) is 4.79 Å². The Labute approximate surface area is 142 Å². The van der Waals surface area contributed by atoms with Crippen LogP contribution >= 0.6 is 12.4 Å². The Hall–Kier alpha value is -1.22. The molecule has 23 heavy (non-hydrogen) atoms. The van der Waals surface area contributed by atoms with Gasteiger partial charge in [0.2, 0.25) is 15.9 Å². The number of anilines is 1. The van der Waals surface area contributed by atoms with Gasteiger partial charge in [0, 0.05) is 11.2 Å². The van der Waals surface area contributed by atoms with E-state index >= 15 is 0 Å². The van der Waals surface area contributed by atoms with Gasteiger partial charge >= 0.3 is 0 Å². The van der Waals surface area contributed by atoms with Crippen LogP contribution in [0.3, 0.4) is 0 Å². The highest BCUT2D eigenvalue weighted by molar-refractivity contribution is 7.89. The molecule has 0 fully saturated rings. The standard InChI is InChI=1S/C14H22FN3O3S.ClH/c1-13(2,3)18-22(20,21)11-8-9(6-7-10(11)15)17-12(19)14(4,5)16;/h6-8,18H,16H2,1-5H3,(H,17,19);1H. The zero-order valence-electron chi connectivity index (χ0n) is 13.7. The lowest BCUT2D eigenvalue weighted by Crippen LogP contribution is -2.45. The summed E-state index contributed by atoms with van der Waals surface area (Å²) in [6.45, 7) is 7.94. The summed E-state index contributed by atoms with van der Waals surface area (Å²) in [7, 11) is -4.05. The monoisotopic (exact) mass is 367 g/mol. The van der Waals surface area contributed by atoms with E-state index in [9.17, 15) is 17.6 Å². The second-order valence-electron chi connectivity index (χ2n) is 6.68. The van der Waals surface area contributed by atoms with Crippen molar-refractivity contribution < 1.29 is 17.6 Å². The smallest absolute Gasteiger partial charge is 0.244 e. The number of nitrogens with one attached hydrogen (secondary N) is 2. The third-order valence-electron chi connectivity index (χ3n) is 2.50. The lowest BCUT2D eigenvalue weighted by molar-refractivity contribution is -0.120. The van der Waals surface area contributed by atoms with Gasteiger partial charge in [-0.1, -0.05) is 0 Å². The van der Waals surface area contributed by atoms with Crippen LogP contribution in [0.4, 0.5) is 10.1 Å². The van der Waals surface area contributed by atoms with Crippen molar-refractivity contribution in [1.29, 1.82) is 0 Å². The Morgan fingerprint density at radius 2 is 1.70 bits per heavy atom. The van der Waals surface area contributed by atoms with E-state index in [-0.39, 0.29) is 18.1 Å². The van der Waals surface area contributed by atoms with Crippen LogP contribution in [0.1, 0.15) is 34.6 Å². The predicted molar refractivity (Wildman–Crippen MR) is 90.6 cm³/mol. The summed E-state index contributed by atoms with van der Waals surface area (Å²) >= 11 is 0. The maximum Gasteiger partial charge on any atom is 0.244 e. The maximum absolute atomic E-state index is 13.9. The molecule has 0 spiro atoms. The largest absolute Gasteiger partial charge is 0.324 e. The van der Waals surface area contributed by atoms with Crippen LogP contribution in [0.5, 0.6) is 0 Å². The van der Waals surface area contributed by atoms with Gasteiger partial charge in [-0.25, -0.2) is 17.5 Å². The number of benzene rings is 1. The second kappa shape index (κ2) is 7.12. The molecule has 0 saturated carbocycles. The van der Waals surface area contributed by atoms with E-state index in [0.717, 1.165) is 12.1 Å². The second-order valence-corrected chi connectivity index (χ2v) is 8.33. The first-order chi connectivity index (χ1) is 9.72. The van der Waals surface area contributed by atoms with E-state index in [1.54, 1.807) is 20.8 Å². The molecule has 132 valence electrons. The molecule has 4 N–H and O–H groups in total. The van der Waals surface area contributed by atoms with Crippen molar-refractivity contribution in [3.8, 4) is 0 Å². The molecule has 0 atom stereocenters. The molecule has 1 amide bonds. The first-order valence-electron chi connectivity index (χ1n) is 6.66. The number of carbonyl (C=O) groups excluding carboxylic acids is 1. The highest BCUT2D eigenvalue weighted by atomic mass is 35.5. The third kappa shape index (κ3) is 6.42. The minimum absolute atomic E-state index is 0. The lowest BCUT2D eigenvalue weighted by atomic mass is 10.1. The molecular formula is C14H23ClFN3O3S. The number of amides is 1. The molecule has 9 heteroatoms. The van der Waals surface area contributed by atoms with Crippen molar-refractivity contribution >= 4 is 34.0 Å². The van der Waals surface area contributed by atoms with E-state index in [0.29, 0.717) is 0 Å². The topological polar surface area (TPSA) is 101 Å². The molecule has 0 aliphatic rings. The summed E-state index contributed by atoms with van der Waals surface area (Å²) in [4.78, 5) is 11.3. The quantitative estimate of drug-likeness (QED) is 0.757. The van der Waals surface area contributed by atoms with Crippen molar-refractivity contribution in [2.24, 2.45) is 5.73 Å². The van der Waals surface area contributed by atoms with Crippen LogP contribution in [0.25, 0.3) is 0 Å². The molecule has 0 heterocycles.